The van der Waals surface area contributed by atoms with Gasteiger partial charge in [-0.05, 0) is 44.9 Å². The molecule has 56 heavy (non-hydrogen) atoms. The number of hydrogen-bond acceptors (Lipinski definition) is 5. The van der Waals surface area contributed by atoms with Gasteiger partial charge in [-0.2, -0.15) is 0 Å². The Kier molecular flexibility index (Phi) is 43.6. The number of ether oxygens (including phenoxy) is 1. The number of aliphatic hydroxyl groups excluding tert-OH is 2. The third kappa shape index (κ3) is 39.4. The monoisotopic (exact) mass is 792 g/mol. The molecule has 3 atom stereocenters. The quantitative estimate of drug-likeness (QED) is 0.0324. The first-order valence-corrected chi connectivity index (χ1v) is 24.9. The van der Waals surface area contributed by atoms with Crippen LogP contribution < -0.4 is 5.32 Å². The largest absolute Gasteiger partial charge is 0.462 e. The van der Waals surface area contributed by atoms with E-state index in [1.807, 2.05) is 0 Å². The molecule has 0 heterocycles. The van der Waals surface area contributed by atoms with Crippen LogP contribution in [-0.2, 0) is 14.3 Å². The molecule has 0 bridgehead atoms. The SMILES string of the molecule is CCCCCCCC/C=C\CCCC(CC(=O)NC(CO)C(O)CCCCCCCCCCCC)OC(=O)CCCCCCCCCCCCCCCCCC. The summed E-state index contributed by atoms with van der Waals surface area (Å²) in [5.74, 6) is -0.489. The zero-order valence-corrected chi connectivity index (χ0v) is 37.8. The van der Waals surface area contributed by atoms with Gasteiger partial charge in [-0.15, -0.1) is 0 Å². The van der Waals surface area contributed by atoms with Crippen molar-refractivity contribution >= 4 is 11.9 Å². The highest BCUT2D eigenvalue weighted by atomic mass is 16.5. The van der Waals surface area contributed by atoms with Crippen LogP contribution in [0.3, 0.4) is 0 Å². The van der Waals surface area contributed by atoms with E-state index in [2.05, 4.69) is 38.2 Å². The van der Waals surface area contributed by atoms with Gasteiger partial charge in [-0.1, -0.05) is 226 Å². The summed E-state index contributed by atoms with van der Waals surface area (Å²) in [5, 5.41) is 23.6. The van der Waals surface area contributed by atoms with Crippen molar-refractivity contribution in [2.45, 2.75) is 289 Å². The smallest absolute Gasteiger partial charge is 0.306 e. The number of nitrogens with one attached hydrogen (secondary N) is 1. The first-order chi connectivity index (χ1) is 27.5. The summed E-state index contributed by atoms with van der Waals surface area (Å²) >= 11 is 0. The third-order valence-corrected chi connectivity index (χ3v) is 11.6. The molecule has 0 aliphatic rings. The van der Waals surface area contributed by atoms with Gasteiger partial charge < -0.3 is 20.3 Å². The zero-order valence-electron chi connectivity index (χ0n) is 37.8. The lowest BCUT2D eigenvalue weighted by Crippen LogP contribution is -2.46. The summed E-state index contributed by atoms with van der Waals surface area (Å²) in [6.45, 7) is 6.47. The molecule has 0 aromatic carbocycles. The molecule has 3 unspecified atom stereocenters. The van der Waals surface area contributed by atoms with Gasteiger partial charge >= 0.3 is 5.97 Å². The average Bonchev–Trinajstić information content (AvgIpc) is 3.19. The van der Waals surface area contributed by atoms with Crippen LogP contribution in [0.25, 0.3) is 0 Å². The molecule has 6 heteroatoms. The number of amides is 1. The molecule has 0 rings (SSSR count). The van der Waals surface area contributed by atoms with Crippen molar-refractivity contribution in [3.05, 3.63) is 12.2 Å². The van der Waals surface area contributed by atoms with Crippen molar-refractivity contribution in [3.63, 3.8) is 0 Å². The fourth-order valence-corrected chi connectivity index (χ4v) is 7.78. The molecule has 0 aromatic rings. The molecule has 0 radical (unpaired) electrons. The van der Waals surface area contributed by atoms with E-state index < -0.39 is 18.2 Å². The number of carbonyl (C=O) groups excluding carboxylic acids is 2. The van der Waals surface area contributed by atoms with Crippen molar-refractivity contribution < 1.29 is 24.5 Å². The van der Waals surface area contributed by atoms with E-state index >= 15 is 0 Å². The summed E-state index contributed by atoms with van der Waals surface area (Å²) in [6, 6.07) is -0.701. The minimum atomic E-state index is -0.786. The summed E-state index contributed by atoms with van der Waals surface area (Å²) in [6.07, 6.45) is 48.5. The molecule has 0 spiro atoms. The molecule has 0 saturated carbocycles. The Balaban J connectivity index is 4.51. The topological polar surface area (TPSA) is 95.9 Å². The van der Waals surface area contributed by atoms with E-state index in [1.165, 1.54) is 167 Å². The lowest BCUT2D eigenvalue weighted by Gasteiger charge is -2.24. The van der Waals surface area contributed by atoms with E-state index in [-0.39, 0.29) is 24.9 Å². The fourth-order valence-electron chi connectivity index (χ4n) is 7.78. The Labute approximate surface area is 349 Å². The molecule has 0 aliphatic carbocycles. The Morgan fingerprint density at radius 3 is 1.30 bits per heavy atom. The molecule has 1 amide bonds. The molecule has 0 aliphatic heterocycles. The number of aliphatic hydroxyl groups is 2. The van der Waals surface area contributed by atoms with Gasteiger partial charge in [0.1, 0.15) is 6.10 Å². The van der Waals surface area contributed by atoms with Crippen molar-refractivity contribution in [2.24, 2.45) is 0 Å². The molecule has 332 valence electrons. The summed E-state index contributed by atoms with van der Waals surface area (Å²) in [5.41, 5.74) is 0. The second-order valence-corrected chi connectivity index (χ2v) is 17.2. The van der Waals surface area contributed by atoms with Gasteiger partial charge in [0.05, 0.1) is 25.2 Å². The maximum Gasteiger partial charge on any atom is 0.306 e. The molecule has 0 fully saturated rings. The van der Waals surface area contributed by atoms with Crippen LogP contribution in [0, 0.1) is 0 Å². The predicted molar refractivity (Wildman–Crippen MR) is 241 cm³/mol. The van der Waals surface area contributed by atoms with E-state index in [0.717, 1.165) is 57.8 Å². The van der Waals surface area contributed by atoms with Gasteiger partial charge in [-0.3, -0.25) is 9.59 Å². The number of carbonyl (C=O) groups is 2. The second kappa shape index (κ2) is 44.7. The first-order valence-electron chi connectivity index (χ1n) is 24.9. The Morgan fingerprint density at radius 2 is 0.875 bits per heavy atom. The van der Waals surface area contributed by atoms with Gasteiger partial charge in [0.2, 0.25) is 5.91 Å². The Hall–Kier alpha value is -1.40. The molecule has 3 N–H and O–H groups in total. The lowest BCUT2D eigenvalue weighted by molar-refractivity contribution is -0.151. The van der Waals surface area contributed by atoms with Crippen LogP contribution >= 0.6 is 0 Å². The van der Waals surface area contributed by atoms with Crippen molar-refractivity contribution in [2.75, 3.05) is 6.61 Å². The highest BCUT2D eigenvalue weighted by Gasteiger charge is 2.24. The van der Waals surface area contributed by atoms with Crippen LogP contribution in [0.5, 0.6) is 0 Å². The van der Waals surface area contributed by atoms with Crippen molar-refractivity contribution in [1.29, 1.82) is 0 Å². The van der Waals surface area contributed by atoms with Gasteiger partial charge in [-0.25, -0.2) is 0 Å². The molecule has 0 saturated heterocycles. The average molecular weight is 792 g/mol. The normalized spacial score (nSPS) is 13.3. The number of unbranched alkanes of at least 4 members (excludes halogenated alkanes) is 31. The minimum Gasteiger partial charge on any atom is -0.462 e. The number of hydrogen-bond donors (Lipinski definition) is 3. The molecule has 6 nitrogen and oxygen atoms in total. The summed E-state index contributed by atoms with van der Waals surface area (Å²) < 4.78 is 5.90. The van der Waals surface area contributed by atoms with Crippen molar-refractivity contribution in [3.8, 4) is 0 Å². The zero-order chi connectivity index (χ0) is 41.0. The van der Waals surface area contributed by atoms with E-state index in [0.29, 0.717) is 19.3 Å². The molecular formula is C50H97NO5. The van der Waals surface area contributed by atoms with Crippen LogP contribution in [-0.4, -0.2) is 46.9 Å². The molecule has 0 aromatic heterocycles. The Morgan fingerprint density at radius 1 is 0.500 bits per heavy atom. The van der Waals surface area contributed by atoms with Crippen molar-refractivity contribution in [1.82, 2.24) is 5.32 Å². The van der Waals surface area contributed by atoms with E-state index in [9.17, 15) is 19.8 Å². The maximum atomic E-state index is 13.1. The lowest BCUT2D eigenvalue weighted by atomic mass is 10.0. The predicted octanol–water partition coefficient (Wildman–Crippen LogP) is 14.6. The Bertz CT molecular complexity index is 847. The standard InChI is InChI=1S/C50H97NO5/c1-4-7-10-13-16-19-22-23-24-25-26-28-31-34-37-40-43-50(55)56-46(41-38-35-32-29-27-20-17-14-11-8-5-2)44-49(54)51-47(45-52)48(53)42-39-36-33-30-21-18-15-12-9-6-3/h29,32,46-48,52-53H,4-28,30-31,33-45H2,1-3H3,(H,51,54)/b32-29-. The van der Waals surface area contributed by atoms with Crippen LogP contribution in [0.1, 0.15) is 271 Å². The van der Waals surface area contributed by atoms with Crippen LogP contribution in [0.4, 0.5) is 0 Å². The third-order valence-electron chi connectivity index (χ3n) is 11.6. The fraction of sp³-hybridized carbons (Fsp3) is 0.920. The second-order valence-electron chi connectivity index (χ2n) is 17.2. The number of allylic oxidation sites excluding steroid dienone is 2. The van der Waals surface area contributed by atoms with Gasteiger partial charge in [0, 0.05) is 6.42 Å². The number of esters is 1. The van der Waals surface area contributed by atoms with Gasteiger partial charge in [0.25, 0.3) is 0 Å². The highest BCUT2D eigenvalue weighted by Crippen LogP contribution is 2.18. The maximum absolute atomic E-state index is 13.1. The summed E-state index contributed by atoms with van der Waals surface area (Å²) in [7, 11) is 0. The molecular weight excluding hydrogens is 695 g/mol. The van der Waals surface area contributed by atoms with E-state index in [1.54, 1.807) is 0 Å². The highest BCUT2D eigenvalue weighted by molar-refractivity contribution is 5.77. The number of rotatable bonds is 45. The van der Waals surface area contributed by atoms with Crippen LogP contribution in [0.15, 0.2) is 12.2 Å². The van der Waals surface area contributed by atoms with E-state index in [4.69, 9.17) is 4.74 Å². The first kappa shape index (κ1) is 54.6. The van der Waals surface area contributed by atoms with Crippen LogP contribution in [0.2, 0.25) is 0 Å². The summed E-state index contributed by atoms with van der Waals surface area (Å²) in [4.78, 5) is 26.0. The van der Waals surface area contributed by atoms with Gasteiger partial charge in [0.15, 0.2) is 0 Å². The minimum absolute atomic E-state index is 0.0631.